The van der Waals surface area contributed by atoms with Crippen molar-refractivity contribution in [1.82, 2.24) is 4.90 Å². The fraction of sp³-hybridized carbons (Fsp3) is 0.500. The van der Waals surface area contributed by atoms with Crippen molar-refractivity contribution in [1.29, 1.82) is 0 Å². The van der Waals surface area contributed by atoms with Crippen LogP contribution >= 0.6 is 11.3 Å². The highest BCUT2D eigenvalue weighted by molar-refractivity contribution is 7.19. The summed E-state index contributed by atoms with van der Waals surface area (Å²) in [5, 5.41) is 0.778. The Morgan fingerprint density at radius 2 is 2.20 bits per heavy atom. The van der Waals surface area contributed by atoms with Gasteiger partial charge in [-0.1, -0.05) is 6.07 Å². The van der Waals surface area contributed by atoms with E-state index in [1.165, 1.54) is 12.8 Å². The first-order valence-electron chi connectivity index (χ1n) is 7.17. The normalized spacial score (nSPS) is 19.0. The molecule has 0 spiro atoms. The third kappa shape index (κ3) is 2.26. The van der Waals surface area contributed by atoms with Crippen molar-refractivity contribution < 1.29 is 4.39 Å². The van der Waals surface area contributed by atoms with Crippen molar-refractivity contribution in [3.63, 3.8) is 0 Å². The van der Waals surface area contributed by atoms with E-state index in [-0.39, 0.29) is 11.4 Å². The third-order valence-corrected chi connectivity index (χ3v) is 5.67. The minimum absolute atomic E-state index is 0.120. The lowest BCUT2D eigenvalue weighted by Crippen LogP contribution is -2.37. The van der Waals surface area contributed by atoms with Gasteiger partial charge in [0.05, 0.1) is 0 Å². The number of halogens is 1. The van der Waals surface area contributed by atoms with Gasteiger partial charge in [-0.05, 0) is 50.9 Å². The quantitative estimate of drug-likeness (QED) is 0.930. The predicted molar refractivity (Wildman–Crippen MR) is 83.4 cm³/mol. The summed E-state index contributed by atoms with van der Waals surface area (Å²) in [5.41, 5.74) is 7.17. The molecular formula is C16H21FN2S. The predicted octanol–water partition coefficient (Wildman–Crippen LogP) is 3.87. The van der Waals surface area contributed by atoms with E-state index in [0.29, 0.717) is 6.54 Å². The van der Waals surface area contributed by atoms with Crippen LogP contribution in [0.4, 0.5) is 4.39 Å². The Balaban J connectivity index is 2.06. The minimum atomic E-state index is -0.120. The van der Waals surface area contributed by atoms with E-state index in [4.69, 9.17) is 5.73 Å². The maximum atomic E-state index is 14.2. The largest absolute Gasteiger partial charge is 0.326 e. The number of nitrogens with two attached hydrogens (primary N) is 1. The summed E-state index contributed by atoms with van der Waals surface area (Å²) in [6, 6.07) is 5.31. The Kier molecular flexibility index (Phi) is 3.56. The fourth-order valence-electron chi connectivity index (χ4n) is 3.20. The smallest absolute Gasteiger partial charge is 0.132 e. The zero-order chi connectivity index (χ0) is 14.3. The maximum Gasteiger partial charge on any atom is 0.132 e. The van der Waals surface area contributed by atoms with E-state index in [1.807, 2.05) is 6.07 Å². The number of hydrogen-bond donors (Lipinski definition) is 1. The molecule has 0 unspecified atom stereocenters. The molecule has 2 nitrogen and oxygen atoms in total. The van der Waals surface area contributed by atoms with Gasteiger partial charge in [-0.25, -0.2) is 4.39 Å². The van der Waals surface area contributed by atoms with Gasteiger partial charge in [0.25, 0.3) is 0 Å². The second kappa shape index (κ2) is 5.10. The van der Waals surface area contributed by atoms with Crippen molar-refractivity contribution in [2.75, 3.05) is 6.54 Å². The SMILES string of the molecule is CC1(C)CCCN1Cc1c(CN)sc2cccc(F)c12. The van der Waals surface area contributed by atoms with Gasteiger partial charge < -0.3 is 5.73 Å². The molecule has 1 saturated heterocycles. The number of benzene rings is 1. The Hall–Kier alpha value is -0.970. The van der Waals surface area contributed by atoms with Gasteiger partial charge in [0.1, 0.15) is 5.82 Å². The molecule has 1 aliphatic rings. The molecule has 0 saturated carbocycles. The molecule has 2 aromatic rings. The molecule has 0 atom stereocenters. The summed E-state index contributed by atoms with van der Waals surface area (Å²) in [6.07, 6.45) is 2.42. The average Bonchev–Trinajstić information content (AvgIpc) is 2.92. The summed E-state index contributed by atoms with van der Waals surface area (Å²) in [5.74, 6) is -0.120. The number of fused-ring (bicyclic) bond motifs is 1. The van der Waals surface area contributed by atoms with Crippen molar-refractivity contribution in [2.45, 2.75) is 45.3 Å². The van der Waals surface area contributed by atoms with Crippen LogP contribution in [0.1, 0.15) is 37.1 Å². The Morgan fingerprint density at radius 3 is 2.85 bits per heavy atom. The average molecular weight is 292 g/mol. The Labute approximate surface area is 123 Å². The van der Waals surface area contributed by atoms with E-state index in [1.54, 1.807) is 23.5 Å². The van der Waals surface area contributed by atoms with E-state index in [0.717, 1.165) is 33.6 Å². The molecule has 1 fully saturated rings. The number of thiophene rings is 1. The molecule has 2 heterocycles. The van der Waals surface area contributed by atoms with Gasteiger partial charge in [0.15, 0.2) is 0 Å². The fourth-order valence-corrected chi connectivity index (χ4v) is 4.30. The van der Waals surface area contributed by atoms with Crippen LogP contribution in [0.25, 0.3) is 10.1 Å². The molecule has 3 rings (SSSR count). The molecule has 1 aromatic heterocycles. The van der Waals surface area contributed by atoms with E-state index in [9.17, 15) is 4.39 Å². The lowest BCUT2D eigenvalue weighted by atomic mass is 10.0. The second-order valence-electron chi connectivity index (χ2n) is 6.16. The minimum Gasteiger partial charge on any atom is -0.326 e. The molecule has 0 amide bonds. The van der Waals surface area contributed by atoms with Crippen LogP contribution < -0.4 is 5.73 Å². The monoisotopic (exact) mass is 292 g/mol. The molecule has 2 N–H and O–H groups in total. The molecule has 1 aromatic carbocycles. The van der Waals surface area contributed by atoms with Crippen molar-refractivity contribution >= 4 is 21.4 Å². The van der Waals surface area contributed by atoms with Crippen molar-refractivity contribution in [3.05, 3.63) is 34.5 Å². The summed E-state index contributed by atoms with van der Waals surface area (Å²) in [6.45, 7) is 6.92. The highest BCUT2D eigenvalue weighted by atomic mass is 32.1. The maximum absolute atomic E-state index is 14.2. The Morgan fingerprint density at radius 1 is 1.40 bits per heavy atom. The molecule has 0 aliphatic carbocycles. The van der Waals surface area contributed by atoms with Gasteiger partial charge in [-0.3, -0.25) is 4.90 Å². The van der Waals surface area contributed by atoms with Crippen molar-refractivity contribution in [3.8, 4) is 0 Å². The molecule has 0 radical (unpaired) electrons. The summed E-state index contributed by atoms with van der Waals surface area (Å²) < 4.78 is 15.2. The van der Waals surface area contributed by atoms with Crippen molar-refractivity contribution in [2.24, 2.45) is 5.73 Å². The lowest BCUT2D eigenvalue weighted by molar-refractivity contribution is 0.167. The third-order valence-electron chi connectivity index (χ3n) is 4.45. The lowest BCUT2D eigenvalue weighted by Gasteiger charge is -2.31. The highest BCUT2D eigenvalue weighted by Gasteiger charge is 2.32. The Bertz CT molecular complexity index is 633. The molecule has 0 bridgehead atoms. The van der Waals surface area contributed by atoms with E-state index < -0.39 is 0 Å². The van der Waals surface area contributed by atoms with Gasteiger partial charge in [-0.2, -0.15) is 0 Å². The second-order valence-corrected chi connectivity index (χ2v) is 7.30. The van der Waals surface area contributed by atoms with Gasteiger partial charge >= 0.3 is 0 Å². The van der Waals surface area contributed by atoms with Crippen LogP contribution in [-0.2, 0) is 13.1 Å². The van der Waals surface area contributed by atoms with Crippen LogP contribution in [0.3, 0.4) is 0 Å². The zero-order valence-electron chi connectivity index (χ0n) is 12.1. The van der Waals surface area contributed by atoms with Gasteiger partial charge in [0, 0.05) is 33.6 Å². The summed E-state index contributed by atoms with van der Waals surface area (Å²) in [4.78, 5) is 3.58. The molecular weight excluding hydrogens is 271 g/mol. The van der Waals surface area contributed by atoms with Crippen LogP contribution in [0.5, 0.6) is 0 Å². The van der Waals surface area contributed by atoms with E-state index in [2.05, 4.69) is 18.7 Å². The summed E-state index contributed by atoms with van der Waals surface area (Å²) in [7, 11) is 0. The molecule has 20 heavy (non-hydrogen) atoms. The topological polar surface area (TPSA) is 29.3 Å². The molecule has 1 aliphatic heterocycles. The number of nitrogens with zero attached hydrogens (tertiary/aromatic N) is 1. The van der Waals surface area contributed by atoms with Crippen LogP contribution in [0.2, 0.25) is 0 Å². The first-order chi connectivity index (χ1) is 9.53. The van der Waals surface area contributed by atoms with Crippen LogP contribution in [-0.4, -0.2) is 17.0 Å². The number of rotatable bonds is 3. The van der Waals surface area contributed by atoms with Gasteiger partial charge in [0.2, 0.25) is 0 Å². The molecule has 4 heteroatoms. The number of hydrogen-bond acceptors (Lipinski definition) is 3. The standard InChI is InChI=1S/C16H21FN2S/c1-16(2)7-4-8-19(16)10-11-14(9-18)20-13-6-3-5-12(17)15(11)13/h3,5-6H,4,7-10,18H2,1-2H3. The van der Waals surface area contributed by atoms with Gasteiger partial charge in [-0.15, -0.1) is 11.3 Å². The zero-order valence-corrected chi connectivity index (χ0v) is 12.9. The van der Waals surface area contributed by atoms with E-state index >= 15 is 0 Å². The van der Waals surface area contributed by atoms with Crippen LogP contribution in [0.15, 0.2) is 18.2 Å². The summed E-state index contributed by atoms with van der Waals surface area (Å²) >= 11 is 1.63. The first kappa shape index (κ1) is 14.0. The highest BCUT2D eigenvalue weighted by Crippen LogP contribution is 2.37. The molecule has 108 valence electrons. The van der Waals surface area contributed by atoms with Crippen LogP contribution in [0, 0.1) is 5.82 Å². The first-order valence-corrected chi connectivity index (χ1v) is 7.98. The number of likely N-dealkylation sites (tertiary alicyclic amines) is 1.